The summed E-state index contributed by atoms with van der Waals surface area (Å²) in [6.45, 7) is 3.85. The minimum Gasteiger partial charge on any atom is -0.318 e. The lowest BCUT2D eigenvalue weighted by Gasteiger charge is -2.08. The molecule has 4 nitrogen and oxygen atoms in total. The Morgan fingerprint density at radius 2 is 1.29 bits per heavy atom. The molecule has 0 bridgehead atoms. The van der Waals surface area contributed by atoms with Crippen molar-refractivity contribution < 1.29 is 9.59 Å². The summed E-state index contributed by atoms with van der Waals surface area (Å²) in [7, 11) is 0. The van der Waals surface area contributed by atoms with Crippen LogP contribution in [-0.4, -0.2) is 11.8 Å². The Kier molecular flexibility index (Phi) is 4.60. The normalized spacial score (nSPS) is 10.0. The zero-order chi connectivity index (χ0) is 15.4. The highest BCUT2D eigenvalue weighted by atomic mass is 35.5. The van der Waals surface area contributed by atoms with Crippen molar-refractivity contribution in [2.45, 2.75) is 13.8 Å². The van der Waals surface area contributed by atoms with Crippen molar-refractivity contribution in [2.75, 3.05) is 10.6 Å². The second-order valence-corrected chi connectivity index (χ2v) is 5.23. The van der Waals surface area contributed by atoms with Crippen LogP contribution in [0.2, 0.25) is 5.02 Å². The van der Waals surface area contributed by atoms with E-state index in [1.54, 1.807) is 36.4 Å². The lowest BCUT2D eigenvalue weighted by atomic mass is 10.1. The Labute approximate surface area is 128 Å². The summed E-state index contributed by atoms with van der Waals surface area (Å²) in [5.74, 6) is -1.44. The van der Waals surface area contributed by atoms with Crippen molar-refractivity contribution in [1.82, 2.24) is 0 Å². The average molecular weight is 303 g/mol. The van der Waals surface area contributed by atoms with E-state index in [4.69, 9.17) is 11.6 Å². The molecule has 2 aromatic carbocycles. The van der Waals surface area contributed by atoms with Crippen LogP contribution in [0.4, 0.5) is 11.4 Å². The fourth-order valence-corrected chi connectivity index (χ4v) is 2.08. The number of nitrogens with one attached hydrogen (secondary N) is 2. The number of aryl methyl sites for hydroxylation is 2. The van der Waals surface area contributed by atoms with E-state index in [2.05, 4.69) is 10.6 Å². The SMILES string of the molecule is Cc1cc(C)cc(NC(=O)C(=O)Nc2ccc(Cl)cc2)c1. The molecule has 21 heavy (non-hydrogen) atoms. The Bertz CT molecular complexity index is 661. The van der Waals surface area contributed by atoms with Gasteiger partial charge >= 0.3 is 11.8 Å². The van der Waals surface area contributed by atoms with Crippen molar-refractivity contribution >= 4 is 34.8 Å². The van der Waals surface area contributed by atoms with Crippen LogP contribution in [0.3, 0.4) is 0 Å². The first-order valence-corrected chi connectivity index (χ1v) is 6.78. The first-order valence-electron chi connectivity index (χ1n) is 6.40. The van der Waals surface area contributed by atoms with Crippen molar-refractivity contribution in [3.63, 3.8) is 0 Å². The molecule has 0 aliphatic heterocycles. The lowest BCUT2D eigenvalue weighted by Crippen LogP contribution is -2.29. The molecule has 2 rings (SSSR count). The molecule has 0 saturated heterocycles. The third-order valence-electron chi connectivity index (χ3n) is 2.79. The standard InChI is InChI=1S/C16H15ClN2O2/c1-10-7-11(2)9-14(8-10)19-16(21)15(20)18-13-5-3-12(17)4-6-13/h3-9H,1-2H3,(H,18,20)(H,19,21). The molecule has 0 fully saturated rings. The van der Waals surface area contributed by atoms with Gasteiger partial charge in [-0.2, -0.15) is 0 Å². The van der Waals surface area contributed by atoms with E-state index in [9.17, 15) is 9.59 Å². The molecule has 0 aliphatic rings. The number of carbonyl (C=O) groups is 2. The highest BCUT2D eigenvalue weighted by Gasteiger charge is 2.14. The molecule has 5 heteroatoms. The monoisotopic (exact) mass is 302 g/mol. The van der Waals surface area contributed by atoms with Gasteiger partial charge in [0.05, 0.1) is 0 Å². The molecular weight excluding hydrogens is 288 g/mol. The number of halogens is 1. The molecule has 2 aromatic rings. The van der Waals surface area contributed by atoms with Gasteiger partial charge in [-0.05, 0) is 61.4 Å². The van der Waals surface area contributed by atoms with Gasteiger partial charge < -0.3 is 10.6 Å². The van der Waals surface area contributed by atoms with Crippen molar-refractivity contribution in [1.29, 1.82) is 0 Å². The largest absolute Gasteiger partial charge is 0.318 e. The van der Waals surface area contributed by atoms with Crippen LogP contribution >= 0.6 is 11.6 Å². The second-order valence-electron chi connectivity index (χ2n) is 4.79. The van der Waals surface area contributed by atoms with Crippen LogP contribution in [0.5, 0.6) is 0 Å². The molecule has 0 heterocycles. The number of rotatable bonds is 2. The van der Waals surface area contributed by atoms with E-state index < -0.39 is 11.8 Å². The van der Waals surface area contributed by atoms with Crippen molar-refractivity contribution in [3.05, 3.63) is 58.6 Å². The van der Waals surface area contributed by atoms with Gasteiger partial charge in [-0.1, -0.05) is 17.7 Å². The van der Waals surface area contributed by atoms with E-state index in [-0.39, 0.29) is 0 Å². The quantitative estimate of drug-likeness (QED) is 0.834. The van der Waals surface area contributed by atoms with Crippen LogP contribution in [0.25, 0.3) is 0 Å². The Hall–Kier alpha value is -2.33. The molecule has 108 valence electrons. The van der Waals surface area contributed by atoms with Crippen LogP contribution < -0.4 is 10.6 Å². The van der Waals surface area contributed by atoms with Gasteiger partial charge in [0, 0.05) is 16.4 Å². The van der Waals surface area contributed by atoms with Gasteiger partial charge in [-0.3, -0.25) is 9.59 Å². The first kappa shape index (κ1) is 15.1. The number of anilines is 2. The van der Waals surface area contributed by atoms with Crippen LogP contribution in [0, 0.1) is 13.8 Å². The van der Waals surface area contributed by atoms with Crippen LogP contribution in [-0.2, 0) is 9.59 Å². The summed E-state index contributed by atoms with van der Waals surface area (Å²) in [5, 5.41) is 5.65. The highest BCUT2D eigenvalue weighted by molar-refractivity contribution is 6.43. The number of benzene rings is 2. The van der Waals surface area contributed by atoms with E-state index in [1.807, 2.05) is 19.9 Å². The topological polar surface area (TPSA) is 58.2 Å². The minimum absolute atomic E-state index is 0.514. The van der Waals surface area contributed by atoms with Gasteiger partial charge in [0.2, 0.25) is 0 Å². The third-order valence-corrected chi connectivity index (χ3v) is 3.04. The molecule has 2 N–H and O–H groups in total. The maximum atomic E-state index is 11.9. The van der Waals surface area contributed by atoms with Crippen LogP contribution in [0.1, 0.15) is 11.1 Å². The molecule has 0 radical (unpaired) electrons. The molecular formula is C16H15ClN2O2. The van der Waals surface area contributed by atoms with E-state index in [0.29, 0.717) is 16.4 Å². The highest BCUT2D eigenvalue weighted by Crippen LogP contribution is 2.15. The van der Waals surface area contributed by atoms with Gasteiger partial charge in [0.1, 0.15) is 0 Å². The second kappa shape index (κ2) is 6.41. The summed E-state index contributed by atoms with van der Waals surface area (Å²) in [4.78, 5) is 23.7. The fraction of sp³-hybridized carbons (Fsp3) is 0.125. The number of amides is 2. The summed E-state index contributed by atoms with van der Waals surface area (Å²) in [6.07, 6.45) is 0. The third kappa shape index (κ3) is 4.33. The maximum absolute atomic E-state index is 11.9. The molecule has 0 saturated carbocycles. The summed E-state index contributed by atoms with van der Waals surface area (Å²) >= 11 is 5.76. The van der Waals surface area contributed by atoms with E-state index >= 15 is 0 Å². The Morgan fingerprint density at radius 1 is 0.810 bits per heavy atom. The van der Waals surface area contributed by atoms with E-state index in [0.717, 1.165) is 11.1 Å². The lowest BCUT2D eigenvalue weighted by molar-refractivity contribution is -0.132. The zero-order valence-electron chi connectivity index (χ0n) is 11.7. The number of hydrogen-bond donors (Lipinski definition) is 2. The summed E-state index contributed by atoms with van der Waals surface area (Å²) in [6, 6.07) is 12.1. The molecule has 0 atom stereocenters. The summed E-state index contributed by atoms with van der Waals surface area (Å²) < 4.78 is 0. The average Bonchev–Trinajstić information content (AvgIpc) is 2.40. The number of hydrogen-bond acceptors (Lipinski definition) is 2. The van der Waals surface area contributed by atoms with Crippen molar-refractivity contribution in [3.8, 4) is 0 Å². The predicted octanol–water partition coefficient (Wildman–Crippen LogP) is 3.53. The zero-order valence-corrected chi connectivity index (χ0v) is 12.5. The smallest absolute Gasteiger partial charge is 0.314 e. The molecule has 2 amide bonds. The maximum Gasteiger partial charge on any atom is 0.314 e. The van der Waals surface area contributed by atoms with E-state index in [1.165, 1.54) is 0 Å². The molecule has 0 spiro atoms. The summed E-state index contributed by atoms with van der Waals surface area (Å²) in [5.41, 5.74) is 3.15. The Morgan fingerprint density at radius 3 is 1.81 bits per heavy atom. The molecule has 0 aliphatic carbocycles. The molecule has 0 aromatic heterocycles. The van der Waals surface area contributed by atoms with Crippen LogP contribution in [0.15, 0.2) is 42.5 Å². The van der Waals surface area contributed by atoms with Gasteiger partial charge in [-0.15, -0.1) is 0 Å². The van der Waals surface area contributed by atoms with Gasteiger partial charge in [0.25, 0.3) is 0 Å². The molecule has 0 unspecified atom stereocenters. The minimum atomic E-state index is -0.725. The van der Waals surface area contributed by atoms with Crippen molar-refractivity contribution in [2.24, 2.45) is 0 Å². The van der Waals surface area contributed by atoms with Gasteiger partial charge in [0.15, 0.2) is 0 Å². The fourth-order valence-electron chi connectivity index (χ4n) is 1.96. The Balaban J connectivity index is 2.02. The van der Waals surface area contributed by atoms with Gasteiger partial charge in [-0.25, -0.2) is 0 Å². The number of carbonyl (C=O) groups excluding carboxylic acids is 2. The first-order chi connectivity index (χ1) is 9.94. The predicted molar refractivity (Wildman–Crippen MR) is 84.6 cm³/mol.